The number of nitrogens with two attached hydrogens (primary N) is 1. The number of carbonyl (C=O) groups excluding carboxylic acids is 1. The van der Waals surface area contributed by atoms with Gasteiger partial charge in [0.2, 0.25) is 5.78 Å². The maximum atomic E-state index is 12.7. The zero-order chi connectivity index (χ0) is 15.4. The topological polar surface area (TPSA) is 70.1 Å². The Hall–Kier alpha value is -2.14. The molecule has 1 aromatic carbocycles. The number of hydrogen-bond acceptors (Lipinski definition) is 4. The maximum Gasteiger partial charge on any atom is 0.214 e. The van der Waals surface area contributed by atoms with E-state index in [2.05, 4.69) is 5.10 Å². The van der Waals surface area contributed by atoms with E-state index in [1.165, 1.54) is 0 Å². The monoisotopic (exact) mass is 287 g/mol. The molecule has 5 nitrogen and oxygen atoms in total. The molecule has 0 saturated carbocycles. The van der Waals surface area contributed by atoms with Crippen molar-refractivity contribution in [3.63, 3.8) is 0 Å². The lowest BCUT2D eigenvalue weighted by Gasteiger charge is -2.11. The first-order chi connectivity index (χ1) is 10.1. The van der Waals surface area contributed by atoms with Gasteiger partial charge in [0, 0.05) is 11.6 Å². The lowest BCUT2D eigenvalue weighted by atomic mass is 10.0. The molecule has 2 N–H and O–H groups in total. The molecule has 0 unspecified atom stereocenters. The summed E-state index contributed by atoms with van der Waals surface area (Å²) in [6, 6.07) is 7.60. The molecule has 0 aliphatic carbocycles. The molecule has 0 aliphatic heterocycles. The normalized spacial score (nSPS) is 10.9. The van der Waals surface area contributed by atoms with Gasteiger partial charge in [-0.2, -0.15) is 5.10 Å². The van der Waals surface area contributed by atoms with Crippen LogP contribution >= 0.6 is 0 Å². The largest absolute Gasteiger partial charge is 0.493 e. The first-order valence-electron chi connectivity index (χ1n) is 7.03. The predicted molar refractivity (Wildman–Crippen MR) is 81.8 cm³/mol. The van der Waals surface area contributed by atoms with Crippen molar-refractivity contribution in [3.05, 3.63) is 47.3 Å². The Morgan fingerprint density at radius 1 is 1.33 bits per heavy atom. The quantitative estimate of drug-likeness (QED) is 0.827. The Balaban J connectivity index is 2.37. The summed E-state index contributed by atoms with van der Waals surface area (Å²) in [4.78, 5) is 12.7. The molecule has 0 atom stereocenters. The number of rotatable bonds is 6. The van der Waals surface area contributed by atoms with Crippen LogP contribution in [0.4, 0.5) is 0 Å². The van der Waals surface area contributed by atoms with Crippen molar-refractivity contribution in [2.45, 2.75) is 26.3 Å². The first-order valence-corrected chi connectivity index (χ1v) is 7.03. The Kier molecular flexibility index (Phi) is 4.75. The van der Waals surface area contributed by atoms with Gasteiger partial charge in [0.15, 0.2) is 11.4 Å². The van der Waals surface area contributed by atoms with E-state index in [1.807, 2.05) is 38.1 Å². The number of methoxy groups -OCH3 is 1. The number of ketones is 1. The van der Waals surface area contributed by atoms with Crippen LogP contribution in [-0.4, -0.2) is 29.2 Å². The first kappa shape index (κ1) is 15.3. The molecule has 2 rings (SSSR count). The smallest absolute Gasteiger partial charge is 0.214 e. The zero-order valence-electron chi connectivity index (χ0n) is 12.7. The van der Waals surface area contributed by atoms with Crippen LogP contribution in [0.2, 0.25) is 0 Å². The number of carbonyl (C=O) groups is 1. The number of ether oxygens (including phenoxy) is 1. The van der Waals surface area contributed by atoms with E-state index in [0.29, 0.717) is 23.6 Å². The highest BCUT2D eigenvalue weighted by molar-refractivity contribution is 6.09. The van der Waals surface area contributed by atoms with Crippen molar-refractivity contribution in [2.75, 3.05) is 13.7 Å². The van der Waals surface area contributed by atoms with Crippen molar-refractivity contribution in [1.29, 1.82) is 0 Å². The van der Waals surface area contributed by atoms with Crippen molar-refractivity contribution in [2.24, 2.45) is 5.73 Å². The lowest BCUT2D eigenvalue weighted by Crippen LogP contribution is -2.14. The van der Waals surface area contributed by atoms with E-state index in [9.17, 15) is 4.79 Å². The van der Waals surface area contributed by atoms with Crippen LogP contribution in [-0.2, 0) is 6.42 Å². The van der Waals surface area contributed by atoms with Gasteiger partial charge in [-0.05, 0) is 32.4 Å². The van der Waals surface area contributed by atoms with Crippen LogP contribution in [0.1, 0.15) is 41.5 Å². The van der Waals surface area contributed by atoms with Gasteiger partial charge in [0.25, 0.3) is 0 Å². The van der Waals surface area contributed by atoms with Crippen molar-refractivity contribution < 1.29 is 9.53 Å². The van der Waals surface area contributed by atoms with Gasteiger partial charge >= 0.3 is 0 Å². The standard InChI is InChI=1S/C16H21N3O2/c1-11(2)19-15(14(21-3)10-18-19)16(20)13-6-4-12(5-7-13)8-9-17/h4-7,10-11H,8-9,17H2,1-3H3. The third-order valence-electron chi connectivity index (χ3n) is 3.34. The Morgan fingerprint density at radius 2 is 2.00 bits per heavy atom. The molecular formula is C16H21N3O2. The van der Waals surface area contributed by atoms with Gasteiger partial charge in [0.05, 0.1) is 13.3 Å². The molecule has 0 fully saturated rings. The minimum absolute atomic E-state index is 0.0858. The van der Waals surface area contributed by atoms with E-state index in [1.54, 1.807) is 18.0 Å². The second-order valence-electron chi connectivity index (χ2n) is 5.16. The lowest BCUT2D eigenvalue weighted by molar-refractivity contribution is 0.102. The van der Waals surface area contributed by atoms with Crippen LogP contribution < -0.4 is 10.5 Å². The average Bonchev–Trinajstić information content (AvgIpc) is 2.91. The molecule has 0 bridgehead atoms. The summed E-state index contributed by atoms with van der Waals surface area (Å²) in [6.07, 6.45) is 2.39. The van der Waals surface area contributed by atoms with Crippen LogP contribution in [0, 0.1) is 0 Å². The molecule has 112 valence electrons. The molecule has 5 heteroatoms. The maximum absolute atomic E-state index is 12.7. The summed E-state index contributed by atoms with van der Waals surface area (Å²) in [7, 11) is 1.54. The van der Waals surface area contributed by atoms with Crippen molar-refractivity contribution in [3.8, 4) is 5.75 Å². The highest BCUT2D eigenvalue weighted by Crippen LogP contribution is 2.24. The molecule has 1 aromatic heterocycles. The molecule has 2 aromatic rings. The van der Waals surface area contributed by atoms with Gasteiger partial charge in [-0.25, -0.2) is 0 Å². The van der Waals surface area contributed by atoms with Gasteiger partial charge in [-0.1, -0.05) is 24.3 Å². The van der Waals surface area contributed by atoms with Crippen molar-refractivity contribution in [1.82, 2.24) is 9.78 Å². The van der Waals surface area contributed by atoms with Gasteiger partial charge < -0.3 is 10.5 Å². The summed E-state index contributed by atoms with van der Waals surface area (Å²) in [6.45, 7) is 4.56. The number of hydrogen-bond donors (Lipinski definition) is 1. The third-order valence-corrected chi connectivity index (χ3v) is 3.34. The zero-order valence-corrected chi connectivity index (χ0v) is 12.7. The predicted octanol–water partition coefficient (Wildman–Crippen LogP) is 2.20. The minimum Gasteiger partial charge on any atom is -0.493 e. The Morgan fingerprint density at radius 3 is 2.52 bits per heavy atom. The third kappa shape index (κ3) is 3.13. The average molecular weight is 287 g/mol. The fourth-order valence-corrected chi connectivity index (χ4v) is 2.23. The number of aromatic nitrogens is 2. The second kappa shape index (κ2) is 6.54. The summed E-state index contributed by atoms with van der Waals surface area (Å²) < 4.78 is 6.95. The Labute approximate surface area is 124 Å². The molecule has 0 saturated heterocycles. The van der Waals surface area contributed by atoms with Crippen LogP contribution in [0.15, 0.2) is 30.5 Å². The van der Waals surface area contributed by atoms with E-state index >= 15 is 0 Å². The number of benzene rings is 1. The van der Waals surface area contributed by atoms with E-state index in [4.69, 9.17) is 10.5 Å². The second-order valence-corrected chi connectivity index (χ2v) is 5.16. The summed E-state index contributed by atoms with van der Waals surface area (Å²) >= 11 is 0. The molecule has 0 aliphatic rings. The van der Waals surface area contributed by atoms with Crippen molar-refractivity contribution >= 4 is 5.78 Å². The highest BCUT2D eigenvalue weighted by atomic mass is 16.5. The summed E-state index contributed by atoms with van der Waals surface area (Å²) in [5, 5.41) is 4.23. The van der Waals surface area contributed by atoms with Gasteiger partial charge in [-0.3, -0.25) is 9.48 Å². The van der Waals surface area contributed by atoms with Gasteiger partial charge in [0.1, 0.15) is 0 Å². The van der Waals surface area contributed by atoms with Crippen LogP contribution in [0.25, 0.3) is 0 Å². The summed E-state index contributed by atoms with van der Waals surface area (Å²) in [5.74, 6) is 0.414. The van der Waals surface area contributed by atoms with Crippen LogP contribution in [0.5, 0.6) is 5.75 Å². The molecule has 0 spiro atoms. The highest BCUT2D eigenvalue weighted by Gasteiger charge is 2.22. The SMILES string of the molecule is COc1cnn(C(C)C)c1C(=O)c1ccc(CCN)cc1. The molecule has 0 radical (unpaired) electrons. The fraction of sp³-hybridized carbons (Fsp3) is 0.375. The van der Waals surface area contributed by atoms with E-state index in [-0.39, 0.29) is 11.8 Å². The van der Waals surface area contributed by atoms with Crippen LogP contribution in [0.3, 0.4) is 0 Å². The van der Waals surface area contributed by atoms with Gasteiger partial charge in [-0.15, -0.1) is 0 Å². The molecule has 0 amide bonds. The summed E-state index contributed by atoms with van der Waals surface area (Å²) in [5.41, 5.74) is 7.76. The Bertz CT molecular complexity index is 615. The fourth-order valence-electron chi connectivity index (χ4n) is 2.23. The molecule has 21 heavy (non-hydrogen) atoms. The van der Waals surface area contributed by atoms with E-state index in [0.717, 1.165) is 12.0 Å². The van der Waals surface area contributed by atoms with E-state index < -0.39 is 0 Å². The minimum atomic E-state index is -0.0858. The molecule has 1 heterocycles. The number of nitrogens with zero attached hydrogens (tertiary/aromatic N) is 2. The molecular weight excluding hydrogens is 266 g/mol.